The van der Waals surface area contributed by atoms with E-state index in [0.717, 1.165) is 82.8 Å². The van der Waals surface area contributed by atoms with Gasteiger partial charge >= 0.3 is 0 Å². The molecule has 0 atom stereocenters. The standard InChI is InChI=1S/C50H29N5/c1-52-33-26-28-46-40(30-33)37-16-5-10-21-44(37)53(46)41-18-7-4-15-36(41)38-27-25-32(31-51)29-49(38)55-45-22-11-6-17-39(45)50-47(23-12-24-48(50)55)54-42-19-8-2-13-34(42)35-14-3-9-20-43(35)54/h2-30H. The second-order valence-electron chi connectivity index (χ2n) is 13.9. The zero-order valence-electron chi connectivity index (χ0n) is 29.5. The Morgan fingerprint density at radius 3 is 1.56 bits per heavy atom. The number of hydrogen-bond donors (Lipinski definition) is 0. The minimum Gasteiger partial charge on any atom is -0.309 e. The van der Waals surface area contributed by atoms with Crippen LogP contribution in [0.5, 0.6) is 0 Å². The van der Waals surface area contributed by atoms with Crippen molar-refractivity contribution in [3.05, 3.63) is 193 Å². The van der Waals surface area contributed by atoms with Crippen LogP contribution >= 0.6 is 0 Å². The van der Waals surface area contributed by atoms with Crippen molar-refractivity contribution < 1.29 is 0 Å². The maximum absolute atomic E-state index is 10.3. The van der Waals surface area contributed by atoms with E-state index in [0.29, 0.717) is 11.3 Å². The summed E-state index contributed by atoms with van der Waals surface area (Å²) in [5, 5.41) is 17.2. The van der Waals surface area contributed by atoms with Gasteiger partial charge < -0.3 is 13.7 Å². The number of benzene rings is 8. The van der Waals surface area contributed by atoms with Crippen molar-refractivity contribution in [2.24, 2.45) is 0 Å². The van der Waals surface area contributed by atoms with Gasteiger partial charge in [0.2, 0.25) is 0 Å². The van der Waals surface area contributed by atoms with Gasteiger partial charge in [-0.1, -0.05) is 109 Å². The summed E-state index contributed by atoms with van der Waals surface area (Å²) in [6, 6.07) is 63.7. The van der Waals surface area contributed by atoms with Crippen LogP contribution in [-0.2, 0) is 0 Å². The monoisotopic (exact) mass is 699 g/mol. The summed E-state index contributed by atoms with van der Waals surface area (Å²) in [6.07, 6.45) is 0. The van der Waals surface area contributed by atoms with E-state index in [2.05, 4.69) is 176 Å². The lowest BCUT2D eigenvalue weighted by atomic mass is 9.99. The molecule has 0 unspecified atom stereocenters. The fourth-order valence-electron chi connectivity index (χ4n) is 8.83. The van der Waals surface area contributed by atoms with E-state index < -0.39 is 0 Å². The van der Waals surface area contributed by atoms with Crippen LogP contribution in [0.1, 0.15) is 5.56 Å². The third-order valence-electron chi connectivity index (χ3n) is 11.1. The van der Waals surface area contributed by atoms with E-state index >= 15 is 0 Å². The zero-order valence-corrected chi connectivity index (χ0v) is 29.5. The summed E-state index contributed by atoms with van der Waals surface area (Å²) in [4.78, 5) is 3.74. The highest BCUT2D eigenvalue weighted by Gasteiger charge is 2.23. The molecule has 0 aliphatic heterocycles. The molecule has 3 aromatic heterocycles. The first-order chi connectivity index (χ1) is 27.2. The Morgan fingerprint density at radius 1 is 0.400 bits per heavy atom. The van der Waals surface area contributed by atoms with Crippen LogP contribution < -0.4 is 0 Å². The van der Waals surface area contributed by atoms with Gasteiger partial charge in [0, 0.05) is 38.1 Å². The molecule has 11 rings (SSSR count). The molecular weight excluding hydrogens is 671 g/mol. The second kappa shape index (κ2) is 11.8. The van der Waals surface area contributed by atoms with Gasteiger partial charge in [-0.05, 0) is 72.1 Å². The number of aromatic nitrogens is 3. The Morgan fingerprint density at radius 2 is 0.891 bits per heavy atom. The van der Waals surface area contributed by atoms with Gasteiger partial charge in [-0.2, -0.15) is 5.26 Å². The number of fused-ring (bicyclic) bond motifs is 9. The normalized spacial score (nSPS) is 11.6. The fraction of sp³-hybridized carbons (Fsp3) is 0. The molecule has 5 nitrogen and oxygen atoms in total. The zero-order chi connectivity index (χ0) is 36.6. The molecule has 0 aliphatic carbocycles. The maximum atomic E-state index is 10.3. The Balaban J connectivity index is 1.23. The number of nitrogens with zero attached hydrogens (tertiary/aromatic N) is 5. The van der Waals surface area contributed by atoms with E-state index in [1.165, 1.54) is 10.8 Å². The van der Waals surface area contributed by atoms with E-state index in [9.17, 15) is 5.26 Å². The molecule has 0 bridgehead atoms. The second-order valence-corrected chi connectivity index (χ2v) is 13.9. The van der Waals surface area contributed by atoms with Crippen molar-refractivity contribution in [2.75, 3.05) is 0 Å². The van der Waals surface area contributed by atoms with E-state index in [4.69, 9.17) is 6.57 Å². The van der Waals surface area contributed by atoms with Gasteiger partial charge in [0.05, 0.1) is 68.4 Å². The molecule has 0 saturated carbocycles. The number of para-hydroxylation sites is 5. The third kappa shape index (κ3) is 4.39. The van der Waals surface area contributed by atoms with Crippen molar-refractivity contribution >= 4 is 71.1 Å². The molecule has 0 aliphatic rings. The summed E-state index contributed by atoms with van der Waals surface area (Å²) in [7, 11) is 0. The predicted molar refractivity (Wildman–Crippen MR) is 226 cm³/mol. The average Bonchev–Trinajstić information content (AvgIpc) is 3.89. The lowest BCUT2D eigenvalue weighted by molar-refractivity contribution is 1.15. The minimum atomic E-state index is 0.587. The Bertz CT molecular complexity index is 3420. The number of hydrogen-bond acceptors (Lipinski definition) is 1. The fourth-order valence-corrected chi connectivity index (χ4v) is 8.83. The lowest BCUT2D eigenvalue weighted by Crippen LogP contribution is -2.02. The predicted octanol–water partition coefficient (Wildman–Crippen LogP) is 13.1. The molecule has 254 valence electrons. The van der Waals surface area contributed by atoms with Crippen LogP contribution in [0.25, 0.3) is 98.5 Å². The van der Waals surface area contributed by atoms with Gasteiger partial charge in [-0.25, -0.2) is 4.85 Å². The third-order valence-corrected chi connectivity index (χ3v) is 11.1. The minimum absolute atomic E-state index is 0.587. The van der Waals surface area contributed by atoms with E-state index in [-0.39, 0.29) is 0 Å². The highest BCUT2D eigenvalue weighted by atomic mass is 15.0. The highest BCUT2D eigenvalue weighted by Crippen LogP contribution is 2.43. The quantitative estimate of drug-likeness (QED) is 0.169. The SMILES string of the molecule is [C-]#[N+]c1ccc2c(c1)c1ccccc1n2-c1ccccc1-c1ccc(C#N)cc1-n1c2ccccc2c2c(-n3c4ccccc4c4ccccc43)cccc21. The van der Waals surface area contributed by atoms with Crippen LogP contribution in [0.15, 0.2) is 176 Å². The van der Waals surface area contributed by atoms with Crippen LogP contribution in [0.4, 0.5) is 5.69 Å². The Labute approximate surface area is 316 Å². The Kier molecular flexibility index (Phi) is 6.61. The van der Waals surface area contributed by atoms with Crippen LogP contribution in [0, 0.1) is 17.9 Å². The van der Waals surface area contributed by atoms with Crippen molar-refractivity contribution in [2.45, 2.75) is 0 Å². The van der Waals surface area contributed by atoms with Gasteiger partial charge in [0.25, 0.3) is 0 Å². The molecule has 3 heterocycles. The molecule has 0 amide bonds. The first kappa shape index (κ1) is 30.7. The summed E-state index contributed by atoms with van der Waals surface area (Å²) in [5.41, 5.74) is 12.8. The smallest absolute Gasteiger partial charge is 0.188 e. The number of nitriles is 1. The molecular formula is C50H29N5. The first-order valence-electron chi connectivity index (χ1n) is 18.3. The van der Waals surface area contributed by atoms with Gasteiger partial charge in [0.15, 0.2) is 5.69 Å². The first-order valence-corrected chi connectivity index (χ1v) is 18.3. The van der Waals surface area contributed by atoms with Gasteiger partial charge in [0.1, 0.15) is 0 Å². The van der Waals surface area contributed by atoms with Crippen molar-refractivity contribution in [3.63, 3.8) is 0 Å². The highest BCUT2D eigenvalue weighted by molar-refractivity contribution is 6.17. The topological polar surface area (TPSA) is 42.9 Å². The average molecular weight is 700 g/mol. The van der Waals surface area contributed by atoms with Crippen molar-refractivity contribution in [1.29, 1.82) is 5.26 Å². The molecule has 55 heavy (non-hydrogen) atoms. The van der Waals surface area contributed by atoms with Gasteiger partial charge in [-0.3, -0.25) is 0 Å². The molecule has 0 fully saturated rings. The lowest BCUT2D eigenvalue weighted by Gasteiger charge is -2.19. The van der Waals surface area contributed by atoms with E-state index in [1.54, 1.807) is 0 Å². The molecule has 0 saturated heterocycles. The number of rotatable bonds is 4. The summed E-state index contributed by atoms with van der Waals surface area (Å²) in [6.45, 7) is 7.70. The Hall–Kier alpha value is -7.86. The summed E-state index contributed by atoms with van der Waals surface area (Å²) in [5.74, 6) is 0. The molecule has 0 spiro atoms. The molecule has 11 aromatic rings. The summed E-state index contributed by atoms with van der Waals surface area (Å²) < 4.78 is 7.04. The van der Waals surface area contributed by atoms with E-state index in [1.807, 2.05) is 24.3 Å². The largest absolute Gasteiger partial charge is 0.309 e. The molecule has 0 radical (unpaired) electrons. The molecule has 0 N–H and O–H groups in total. The van der Waals surface area contributed by atoms with Crippen LogP contribution in [-0.4, -0.2) is 13.7 Å². The van der Waals surface area contributed by atoms with Crippen LogP contribution in [0.2, 0.25) is 0 Å². The van der Waals surface area contributed by atoms with Gasteiger partial charge in [-0.15, -0.1) is 0 Å². The molecule has 8 aromatic carbocycles. The van der Waals surface area contributed by atoms with Crippen molar-refractivity contribution in [1.82, 2.24) is 13.7 Å². The maximum Gasteiger partial charge on any atom is 0.188 e. The van der Waals surface area contributed by atoms with Crippen molar-refractivity contribution in [3.8, 4) is 34.3 Å². The summed E-state index contributed by atoms with van der Waals surface area (Å²) >= 11 is 0. The molecule has 5 heteroatoms. The van der Waals surface area contributed by atoms with Crippen LogP contribution in [0.3, 0.4) is 0 Å².